The first kappa shape index (κ1) is 17.0. The van der Waals surface area contributed by atoms with Crippen LogP contribution in [0.3, 0.4) is 0 Å². The van der Waals surface area contributed by atoms with Crippen LogP contribution in [0.5, 0.6) is 0 Å². The summed E-state index contributed by atoms with van der Waals surface area (Å²) in [5.74, 6) is 2.14. The molecule has 2 atom stereocenters. The fraction of sp³-hybridized carbons (Fsp3) is 1.00. The second kappa shape index (κ2) is 9.77. The normalized spacial score (nSPS) is 30.9. The number of piperidine rings is 2. The van der Waals surface area contributed by atoms with Crippen LogP contribution in [0.25, 0.3) is 0 Å². The monoisotopic (exact) mass is 268 g/mol. The smallest absolute Gasteiger partial charge is 0.000977 e. The highest BCUT2D eigenvalue weighted by atomic mass is 15.1. The molecule has 2 heteroatoms. The summed E-state index contributed by atoms with van der Waals surface area (Å²) < 4.78 is 0. The fourth-order valence-corrected chi connectivity index (χ4v) is 3.63. The highest BCUT2D eigenvalue weighted by Crippen LogP contribution is 2.35. The van der Waals surface area contributed by atoms with Crippen molar-refractivity contribution in [3.8, 4) is 0 Å². The van der Waals surface area contributed by atoms with Crippen molar-refractivity contribution in [2.45, 2.75) is 59.3 Å². The summed E-state index contributed by atoms with van der Waals surface area (Å²) in [5.41, 5.74) is 0. The lowest BCUT2D eigenvalue weighted by molar-refractivity contribution is 0.176. The van der Waals surface area contributed by atoms with Crippen molar-refractivity contribution in [3.05, 3.63) is 0 Å². The Hall–Kier alpha value is -0.0800. The maximum atomic E-state index is 2.62. The van der Waals surface area contributed by atoms with Gasteiger partial charge in [-0.05, 0) is 70.6 Å². The van der Waals surface area contributed by atoms with Crippen molar-refractivity contribution < 1.29 is 0 Å². The molecule has 2 unspecified atom stereocenters. The van der Waals surface area contributed by atoms with Crippen molar-refractivity contribution >= 4 is 0 Å². The van der Waals surface area contributed by atoms with Crippen molar-refractivity contribution in [1.82, 2.24) is 9.80 Å². The van der Waals surface area contributed by atoms with Gasteiger partial charge in [0.2, 0.25) is 0 Å². The predicted octanol–water partition coefficient (Wildman–Crippen LogP) is 3.87. The van der Waals surface area contributed by atoms with Crippen molar-refractivity contribution in [2.24, 2.45) is 11.8 Å². The van der Waals surface area contributed by atoms with E-state index in [4.69, 9.17) is 0 Å². The Morgan fingerprint density at radius 1 is 0.895 bits per heavy atom. The first-order valence-corrected chi connectivity index (χ1v) is 8.68. The van der Waals surface area contributed by atoms with Gasteiger partial charge < -0.3 is 9.80 Å². The largest absolute Gasteiger partial charge is 0.306 e. The zero-order chi connectivity index (χ0) is 14.1. The molecule has 0 aromatic rings. The van der Waals surface area contributed by atoms with E-state index in [9.17, 15) is 0 Å². The van der Waals surface area contributed by atoms with Crippen LogP contribution in [-0.4, -0.2) is 49.6 Å². The third kappa shape index (κ3) is 6.27. The summed E-state index contributed by atoms with van der Waals surface area (Å²) in [5, 5.41) is 0. The van der Waals surface area contributed by atoms with Crippen LogP contribution in [0.15, 0.2) is 0 Å². The second-order valence-corrected chi connectivity index (χ2v) is 6.26. The van der Waals surface area contributed by atoms with E-state index in [1.807, 2.05) is 13.8 Å². The molecular formula is C17H36N2. The van der Waals surface area contributed by atoms with Gasteiger partial charge in [0.25, 0.3) is 0 Å². The molecule has 19 heavy (non-hydrogen) atoms. The van der Waals surface area contributed by atoms with Gasteiger partial charge in [-0.1, -0.05) is 27.2 Å². The molecule has 2 nitrogen and oxygen atoms in total. The van der Waals surface area contributed by atoms with Gasteiger partial charge >= 0.3 is 0 Å². The molecule has 3 rings (SSSR count). The molecule has 0 aromatic heterocycles. The summed E-state index contributed by atoms with van der Waals surface area (Å²) in [6, 6.07) is 0. The molecular weight excluding hydrogens is 232 g/mol. The third-order valence-corrected chi connectivity index (χ3v) is 4.71. The van der Waals surface area contributed by atoms with Crippen LogP contribution < -0.4 is 0 Å². The molecule has 114 valence electrons. The van der Waals surface area contributed by atoms with Crippen molar-refractivity contribution in [1.29, 1.82) is 0 Å². The molecule has 0 radical (unpaired) electrons. The minimum atomic E-state index is 1.07. The van der Waals surface area contributed by atoms with Crippen LogP contribution in [0, 0.1) is 11.8 Å². The molecule has 2 saturated heterocycles. The summed E-state index contributed by atoms with van der Waals surface area (Å²) in [6.45, 7) is 13.0. The van der Waals surface area contributed by atoms with Gasteiger partial charge in [-0.2, -0.15) is 0 Å². The molecule has 0 spiro atoms. The van der Waals surface area contributed by atoms with Crippen LogP contribution in [0.2, 0.25) is 0 Å². The molecule has 0 N–H and O–H groups in total. The zero-order valence-corrected chi connectivity index (χ0v) is 13.8. The summed E-state index contributed by atoms with van der Waals surface area (Å²) in [7, 11) is 2.19. The summed E-state index contributed by atoms with van der Waals surface area (Å²) >= 11 is 0. The Morgan fingerprint density at radius 3 is 1.79 bits per heavy atom. The molecule has 2 heterocycles. The van der Waals surface area contributed by atoms with E-state index in [2.05, 4.69) is 23.8 Å². The van der Waals surface area contributed by atoms with Gasteiger partial charge in [0.1, 0.15) is 0 Å². The van der Waals surface area contributed by atoms with Gasteiger partial charge in [-0.3, -0.25) is 0 Å². The van der Waals surface area contributed by atoms with Crippen LogP contribution in [0.1, 0.15) is 59.3 Å². The maximum Gasteiger partial charge on any atom is 0.000977 e. The van der Waals surface area contributed by atoms with Crippen LogP contribution in [0.4, 0.5) is 0 Å². The number of rotatable bonds is 1. The van der Waals surface area contributed by atoms with Crippen molar-refractivity contribution in [2.75, 3.05) is 39.8 Å². The Balaban J connectivity index is 0.000000177. The van der Waals surface area contributed by atoms with E-state index in [0.29, 0.717) is 0 Å². The van der Waals surface area contributed by atoms with Crippen molar-refractivity contribution in [3.63, 3.8) is 0 Å². The van der Waals surface area contributed by atoms with E-state index in [1.54, 1.807) is 0 Å². The first-order chi connectivity index (χ1) is 9.28. The van der Waals surface area contributed by atoms with E-state index in [0.717, 1.165) is 11.8 Å². The topological polar surface area (TPSA) is 6.48 Å². The number of nitrogens with zero attached hydrogens (tertiary/aromatic N) is 2. The average Bonchev–Trinajstić information content (AvgIpc) is 2.81. The Bertz CT molecular complexity index is 199. The molecule has 3 fully saturated rings. The predicted molar refractivity (Wildman–Crippen MR) is 85.6 cm³/mol. The van der Waals surface area contributed by atoms with Gasteiger partial charge in [0.05, 0.1) is 0 Å². The number of hydrogen-bond acceptors (Lipinski definition) is 2. The van der Waals surface area contributed by atoms with E-state index in [-0.39, 0.29) is 0 Å². The summed E-state index contributed by atoms with van der Waals surface area (Å²) in [6.07, 6.45) is 8.84. The first-order valence-electron chi connectivity index (χ1n) is 8.68. The van der Waals surface area contributed by atoms with E-state index < -0.39 is 0 Å². The Labute approximate surface area is 121 Å². The van der Waals surface area contributed by atoms with Crippen LogP contribution in [-0.2, 0) is 0 Å². The number of fused-ring (bicyclic) bond motifs is 2. The van der Waals surface area contributed by atoms with Crippen LogP contribution >= 0.6 is 0 Å². The average molecular weight is 268 g/mol. The number of likely N-dealkylation sites (tertiary alicyclic amines) is 2. The number of hydrogen-bond donors (Lipinski definition) is 0. The maximum absolute atomic E-state index is 2.62. The lowest BCUT2D eigenvalue weighted by atomic mass is 9.99. The van der Waals surface area contributed by atoms with Gasteiger partial charge in [-0.25, -0.2) is 0 Å². The standard InChI is InChI=1S/C9H17N.C6H13N.C2H6/c1-2-10-6-8-3-4-9(5-8)7-10;1-7-5-3-2-4-6-7;1-2/h8-9H,2-7H2,1H3;2-6H2,1H3;1-2H3. The highest BCUT2D eigenvalue weighted by molar-refractivity contribution is 4.84. The molecule has 1 aliphatic carbocycles. The minimum Gasteiger partial charge on any atom is -0.306 e. The molecule has 2 aliphatic heterocycles. The zero-order valence-electron chi connectivity index (χ0n) is 13.8. The van der Waals surface area contributed by atoms with Gasteiger partial charge in [-0.15, -0.1) is 0 Å². The molecule has 1 saturated carbocycles. The Kier molecular flexibility index (Phi) is 8.72. The lowest BCUT2D eigenvalue weighted by Gasteiger charge is -2.30. The van der Waals surface area contributed by atoms with E-state index >= 15 is 0 Å². The van der Waals surface area contributed by atoms with Gasteiger partial charge in [0, 0.05) is 13.1 Å². The molecule has 0 aromatic carbocycles. The molecule has 3 aliphatic rings. The van der Waals surface area contributed by atoms with E-state index in [1.165, 1.54) is 71.2 Å². The second-order valence-electron chi connectivity index (χ2n) is 6.26. The molecule has 0 amide bonds. The highest BCUT2D eigenvalue weighted by Gasteiger charge is 2.31. The minimum absolute atomic E-state index is 1.07. The quantitative estimate of drug-likeness (QED) is 0.712. The lowest BCUT2D eigenvalue weighted by Crippen LogP contribution is -2.35. The van der Waals surface area contributed by atoms with Gasteiger partial charge in [0.15, 0.2) is 0 Å². The molecule has 2 bridgehead atoms. The fourth-order valence-electron chi connectivity index (χ4n) is 3.63. The SMILES string of the molecule is CC.CCN1CC2CCC(C2)C1.CN1CCCCC1. The Morgan fingerprint density at radius 2 is 1.42 bits per heavy atom. The summed E-state index contributed by atoms with van der Waals surface area (Å²) in [4.78, 5) is 5.01. The third-order valence-electron chi connectivity index (χ3n) is 4.71.